The normalized spacial score (nSPS) is 10.6. The van der Waals surface area contributed by atoms with Gasteiger partial charge in [-0.15, -0.1) is 29.1 Å². The number of aromatic nitrogens is 13. The van der Waals surface area contributed by atoms with Crippen molar-refractivity contribution in [1.29, 1.82) is 0 Å². The molecule has 0 radical (unpaired) electrons. The van der Waals surface area contributed by atoms with E-state index in [1.165, 1.54) is 128 Å². The molecule has 0 amide bonds. The maximum atomic E-state index is 13.9. The van der Waals surface area contributed by atoms with Crippen LogP contribution < -0.4 is 23.7 Å². The number of pyridine rings is 5. The van der Waals surface area contributed by atoms with Crippen LogP contribution in [0.4, 0.5) is 22.0 Å². The fraction of sp³-hybridized carbons (Fsp3) is 0.101. The number of ketones is 5. The van der Waals surface area contributed by atoms with Gasteiger partial charge in [-0.05, 0) is 141 Å². The molecule has 594 valence electrons. The summed E-state index contributed by atoms with van der Waals surface area (Å²) in [6, 6.07) is 45.4. The summed E-state index contributed by atoms with van der Waals surface area (Å²) in [6.07, 6.45) is 27.5. The van der Waals surface area contributed by atoms with E-state index in [9.17, 15) is 45.9 Å². The number of terminal acetylenes is 1. The molecule has 10 aromatic heterocycles. The number of hydrogen-bond donors (Lipinski definition) is 0. The molecule has 119 heavy (non-hydrogen) atoms. The van der Waals surface area contributed by atoms with Crippen LogP contribution in [0.5, 0.6) is 57.5 Å². The molecule has 23 nitrogen and oxygen atoms in total. The Kier molecular flexibility index (Phi) is 30.9. The van der Waals surface area contributed by atoms with E-state index in [4.69, 9.17) is 30.1 Å². The predicted molar refractivity (Wildman–Crippen MR) is 431 cm³/mol. The Morgan fingerprint density at radius 3 is 1.22 bits per heavy atom. The number of thiazole rings is 2. The van der Waals surface area contributed by atoms with Crippen LogP contribution in [0.1, 0.15) is 116 Å². The Morgan fingerprint density at radius 2 is 0.773 bits per heavy atom. The van der Waals surface area contributed by atoms with Gasteiger partial charge in [-0.2, -0.15) is 0 Å². The maximum Gasteiger partial charge on any atom is 0.169 e. The fourth-order valence-electron chi connectivity index (χ4n) is 10.5. The average Bonchev–Trinajstić information content (AvgIpc) is 1.42. The number of rotatable bonds is 27. The molecule has 1 unspecified atom stereocenters. The first-order valence-corrected chi connectivity index (χ1v) is 37.7. The summed E-state index contributed by atoms with van der Waals surface area (Å²) < 4.78 is 95.7. The quantitative estimate of drug-likeness (QED) is 0.0262. The van der Waals surface area contributed by atoms with Gasteiger partial charge in [0, 0.05) is 93.0 Å². The molecule has 0 N–H and O–H groups in total. The third kappa shape index (κ3) is 27.6. The number of alkyl halides is 1. The minimum absolute atomic E-state index is 0.00957. The minimum Gasteiger partial charge on any atom is -0.456 e. The molecule has 1 atom stereocenters. The van der Waals surface area contributed by atoms with Crippen LogP contribution >= 0.6 is 22.7 Å². The molecule has 0 spiro atoms. The molecular weight excluding hydrogens is 1570 g/mol. The van der Waals surface area contributed by atoms with E-state index in [2.05, 4.69) is 70.7 Å². The lowest BCUT2D eigenvalue weighted by atomic mass is 10.1. The highest BCUT2D eigenvalue weighted by atomic mass is 32.1. The lowest BCUT2D eigenvalue weighted by Gasteiger charge is -2.08. The predicted octanol–water partition coefficient (Wildman–Crippen LogP) is 18.9. The lowest BCUT2D eigenvalue weighted by Crippen LogP contribution is -2.07. The Balaban J connectivity index is 0.000000146. The zero-order valence-electron chi connectivity index (χ0n) is 63.1. The highest BCUT2D eigenvalue weighted by Gasteiger charge is 2.19. The Morgan fingerprint density at radius 1 is 0.361 bits per heavy atom. The average molecular weight is 1640 g/mol. The number of halogens is 5. The second-order valence-corrected chi connectivity index (χ2v) is 26.9. The van der Waals surface area contributed by atoms with Gasteiger partial charge in [0.2, 0.25) is 0 Å². The summed E-state index contributed by atoms with van der Waals surface area (Å²) in [5.41, 5.74) is 4.87. The van der Waals surface area contributed by atoms with Crippen molar-refractivity contribution in [1.82, 2.24) is 64.8 Å². The van der Waals surface area contributed by atoms with Gasteiger partial charge in [0.15, 0.2) is 46.2 Å². The van der Waals surface area contributed by atoms with Crippen molar-refractivity contribution in [3.05, 3.63) is 375 Å². The molecule has 15 rings (SSSR count). The summed E-state index contributed by atoms with van der Waals surface area (Å²) in [5.74, 6) is 3.20. The van der Waals surface area contributed by atoms with Gasteiger partial charge in [-0.25, -0.2) is 61.8 Å². The maximum absolute atomic E-state index is 13.9. The first-order chi connectivity index (χ1) is 57.8. The standard InChI is InChI=1S/C19H15F2N3O2.C18H12N2O2S.C18H14N2O2.C17H11F2N3O2.C17H14FN3O2S/c1-12(20)18-4-2-3-15(24-18)8-19(25)13-5-14(21)7-16(6-13)26-17-9-22-11-23-10-17;1-2-14-12-23-18(20-14)10-17(21)13-5-3-6-15(9-13)22-16-7-4-8-19-11-16;21-18(12-15-6-1-2-10-20-15)14-5-3-7-16(11-14)22-17-8-4-9-19-13-17;18-12-1-2-22-14(5-12)7-17(23)11-3-13(19)6-15(4-11)24-16-8-20-10-21-9-16;1-2-13-9-24-17(21-13)6-16(22)11-3-12(18)5-14(4-11)23-15-7-19-10-20-8-15/h2-7,9-12H,8H2,1H3;1,3-9,11-12H,10H2;1-11,13H,12H2;1-6,8-10H,7H2;3-5,7-10H,2,6H2,1H3. The highest BCUT2D eigenvalue weighted by molar-refractivity contribution is 7.10. The van der Waals surface area contributed by atoms with Crippen LogP contribution in [0.2, 0.25) is 0 Å². The van der Waals surface area contributed by atoms with E-state index in [-0.39, 0.29) is 101 Å². The third-order valence-electron chi connectivity index (χ3n) is 16.0. The van der Waals surface area contributed by atoms with Crippen molar-refractivity contribution in [3.63, 3.8) is 0 Å². The number of aryl methyl sites for hydroxylation is 1. The van der Waals surface area contributed by atoms with E-state index in [0.29, 0.717) is 67.8 Å². The lowest BCUT2D eigenvalue weighted by molar-refractivity contribution is 0.0983. The zero-order valence-corrected chi connectivity index (χ0v) is 64.7. The third-order valence-corrected chi connectivity index (χ3v) is 17.7. The van der Waals surface area contributed by atoms with Crippen molar-refractivity contribution >= 4 is 51.6 Å². The van der Waals surface area contributed by atoms with E-state index in [1.807, 2.05) is 42.6 Å². The second kappa shape index (κ2) is 43.4. The summed E-state index contributed by atoms with van der Waals surface area (Å²) in [5, 5.41) is 5.13. The number of Topliss-reactive ketones (excluding diaryl/α,β-unsaturated/α-hetero) is 5. The number of benzene rings is 5. The molecule has 5 aromatic carbocycles. The van der Waals surface area contributed by atoms with Crippen LogP contribution in [-0.4, -0.2) is 93.7 Å². The van der Waals surface area contributed by atoms with Gasteiger partial charge in [0.25, 0.3) is 0 Å². The summed E-state index contributed by atoms with van der Waals surface area (Å²) in [7, 11) is 0. The molecular formula is C89H66F5N13O10S2. The fourth-order valence-corrected chi connectivity index (χ4v) is 12.1. The number of carbonyl (C=O) groups excluding carboxylic acids is 5. The van der Waals surface area contributed by atoms with E-state index >= 15 is 0 Å². The number of carbonyl (C=O) groups is 5. The molecule has 15 aromatic rings. The molecule has 30 heteroatoms. The van der Waals surface area contributed by atoms with Gasteiger partial charge in [0.1, 0.15) is 104 Å². The number of hydrogen-bond acceptors (Lipinski definition) is 25. The molecule has 0 aliphatic rings. The van der Waals surface area contributed by atoms with E-state index in [0.717, 1.165) is 53.1 Å². The van der Waals surface area contributed by atoms with Crippen molar-refractivity contribution in [2.24, 2.45) is 0 Å². The highest BCUT2D eigenvalue weighted by Crippen LogP contribution is 2.30. The monoisotopic (exact) mass is 1640 g/mol. The van der Waals surface area contributed by atoms with Gasteiger partial charge >= 0.3 is 0 Å². The van der Waals surface area contributed by atoms with Crippen LogP contribution in [0.25, 0.3) is 0 Å². The molecule has 0 saturated carbocycles. The van der Waals surface area contributed by atoms with Crippen LogP contribution in [-0.2, 0) is 38.5 Å². The van der Waals surface area contributed by atoms with Crippen molar-refractivity contribution in [2.45, 2.75) is 58.5 Å². The van der Waals surface area contributed by atoms with Crippen LogP contribution in [0.3, 0.4) is 0 Å². The topological polar surface area (TPSA) is 299 Å². The van der Waals surface area contributed by atoms with Crippen molar-refractivity contribution in [3.8, 4) is 69.8 Å². The Labute approximate surface area is 685 Å². The van der Waals surface area contributed by atoms with Crippen LogP contribution in [0, 0.1) is 35.6 Å². The van der Waals surface area contributed by atoms with Crippen LogP contribution in [0.15, 0.2) is 280 Å². The molecule has 0 bridgehead atoms. The summed E-state index contributed by atoms with van der Waals surface area (Å²) >= 11 is 2.82. The van der Waals surface area contributed by atoms with Crippen molar-refractivity contribution in [2.75, 3.05) is 0 Å². The molecule has 0 fully saturated rings. The Hall–Kier alpha value is -15.1. The first kappa shape index (κ1) is 84.8. The minimum atomic E-state index is -1.23. The molecule has 0 saturated heterocycles. The van der Waals surface area contributed by atoms with Gasteiger partial charge in [-0.1, -0.05) is 43.3 Å². The largest absolute Gasteiger partial charge is 0.456 e. The number of ether oxygens (including phenoxy) is 5. The molecule has 10 heterocycles. The van der Waals surface area contributed by atoms with Gasteiger partial charge < -0.3 is 23.7 Å². The van der Waals surface area contributed by atoms with E-state index < -0.39 is 35.2 Å². The molecule has 0 aliphatic carbocycles. The Bertz CT molecular complexity index is 5950. The van der Waals surface area contributed by atoms with Crippen molar-refractivity contribution < 1.29 is 69.6 Å². The number of nitrogens with zero attached hydrogens (tertiary/aromatic N) is 13. The SMILES string of the molecule is C#Cc1csc(CC(=O)c2cccc(Oc3cccnc3)c2)n1.CC(F)c1cccc(CC(=O)c2cc(F)cc(Oc3cncnc3)c2)n1.CCc1csc(CC(=O)c2cc(F)cc(Oc3cncnc3)c2)n1.O=C(Cc1cc(F)ccn1)c1cc(F)cc(Oc2cncnc2)c1.O=C(Cc1ccccn1)c1cccc(Oc2cccnc2)c1. The second-order valence-electron chi connectivity index (χ2n) is 25.0. The smallest absolute Gasteiger partial charge is 0.169 e. The van der Waals surface area contributed by atoms with Gasteiger partial charge in [0.05, 0.1) is 98.8 Å². The molecule has 0 aliphatic heterocycles. The summed E-state index contributed by atoms with van der Waals surface area (Å²) in [4.78, 5) is 113. The zero-order chi connectivity index (χ0) is 83.7. The first-order valence-electron chi connectivity index (χ1n) is 36.0. The van der Waals surface area contributed by atoms with Gasteiger partial charge in [-0.3, -0.25) is 48.9 Å². The van der Waals surface area contributed by atoms with E-state index in [1.54, 1.807) is 115 Å². The summed E-state index contributed by atoms with van der Waals surface area (Å²) in [6.45, 7) is 3.38.